The molecule has 5 rings (SSSR count). The molecule has 0 radical (unpaired) electrons. The molecule has 5 aromatic rings. The first kappa shape index (κ1) is 39.4. The lowest BCUT2D eigenvalue weighted by Gasteiger charge is -2.09. The smallest absolute Gasteiger partial charge is 0.347 e. The van der Waals surface area contributed by atoms with Crippen LogP contribution in [0.15, 0.2) is 77.1 Å². The van der Waals surface area contributed by atoms with Crippen molar-refractivity contribution in [2.45, 2.75) is 123 Å². The fraction of sp³-hybridized carbons (Fsp3) is 0.400. The van der Waals surface area contributed by atoms with Crippen molar-refractivity contribution in [2.75, 3.05) is 0 Å². The molecule has 2 heterocycles. The van der Waals surface area contributed by atoms with E-state index in [2.05, 4.69) is 82.1 Å². The van der Waals surface area contributed by atoms with Crippen molar-refractivity contribution in [2.24, 2.45) is 0 Å². The Morgan fingerprint density at radius 3 is 1.34 bits per heavy atom. The highest BCUT2D eigenvalue weighted by atomic mass is 79.9. The van der Waals surface area contributed by atoms with Crippen LogP contribution in [0.5, 0.6) is 0 Å². The molecule has 0 amide bonds. The predicted molar refractivity (Wildman–Crippen MR) is 222 cm³/mol. The zero-order valence-electron chi connectivity index (χ0n) is 28.6. The van der Waals surface area contributed by atoms with Crippen molar-refractivity contribution in [1.82, 2.24) is 0 Å². The van der Waals surface area contributed by atoms with E-state index in [0.29, 0.717) is 9.79 Å². The summed E-state index contributed by atoms with van der Waals surface area (Å²) >= 11 is 12.9. The van der Waals surface area contributed by atoms with Gasteiger partial charge in [-0.25, -0.2) is 9.59 Å². The third-order valence-corrected chi connectivity index (χ3v) is 16.0. The lowest BCUT2D eigenvalue weighted by Crippen LogP contribution is -1.94. The number of hydrogen-bond acceptors (Lipinski definition) is 6. The van der Waals surface area contributed by atoms with Crippen molar-refractivity contribution >= 4 is 110 Å². The molecule has 0 bridgehead atoms. The summed E-state index contributed by atoms with van der Waals surface area (Å²) in [5.74, 6) is -1.95. The number of aromatic carboxylic acids is 2. The van der Waals surface area contributed by atoms with Crippen molar-refractivity contribution in [1.29, 1.82) is 0 Å². The molecule has 0 unspecified atom stereocenters. The maximum atomic E-state index is 12.6. The molecule has 4 nitrogen and oxygen atoms in total. The molecule has 266 valence electrons. The minimum Gasteiger partial charge on any atom is -0.477 e. The van der Waals surface area contributed by atoms with E-state index in [0.717, 1.165) is 64.6 Å². The highest BCUT2D eigenvalue weighted by molar-refractivity contribution is 9.10. The lowest BCUT2D eigenvalue weighted by molar-refractivity contribution is 0.0688. The summed E-state index contributed by atoms with van der Waals surface area (Å²) in [6.07, 6.45) is 16.9. The van der Waals surface area contributed by atoms with Gasteiger partial charge in [-0.15, -0.1) is 22.7 Å². The SMILES string of the molecule is CCCCCCCCc1ccc(Br)c(Sc2c(C(=O)O)sc3c2ccc2c(Sc4cc(CCCCCCCC)ccc4Br)c(C(=O)O)sc23)c1. The number of carboxylic acid groups (broad SMARTS) is 2. The van der Waals surface area contributed by atoms with Crippen LogP contribution in [0.2, 0.25) is 0 Å². The number of unbranched alkanes of at least 4 members (excludes halogenated alkanes) is 10. The van der Waals surface area contributed by atoms with Gasteiger partial charge in [-0.05, 0) is 92.9 Å². The second-order valence-corrected chi connectivity index (χ2v) is 18.6. The zero-order chi connectivity index (χ0) is 35.6. The maximum absolute atomic E-state index is 12.6. The van der Waals surface area contributed by atoms with E-state index in [9.17, 15) is 19.8 Å². The highest BCUT2D eigenvalue weighted by Gasteiger charge is 2.26. The summed E-state index contributed by atoms with van der Waals surface area (Å²) in [6.45, 7) is 4.47. The molecule has 0 aliphatic rings. The van der Waals surface area contributed by atoms with Crippen molar-refractivity contribution < 1.29 is 19.8 Å². The normalized spacial score (nSPS) is 11.6. The Hall–Kier alpha value is -1.82. The number of carbonyl (C=O) groups is 2. The van der Waals surface area contributed by atoms with E-state index >= 15 is 0 Å². The Kier molecular flexibility index (Phi) is 15.2. The number of hydrogen-bond donors (Lipinski definition) is 2. The van der Waals surface area contributed by atoms with E-state index in [4.69, 9.17) is 0 Å². The first-order valence-electron chi connectivity index (χ1n) is 17.6. The molecule has 0 fully saturated rings. The van der Waals surface area contributed by atoms with Crippen molar-refractivity contribution in [3.05, 3.63) is 78.4 Å². The van der Waals surface area contributed by atoms with Crippen LogP contribution in [-0.4, -0.2) is 22.2 Å². The van der Waals surface area contributed by atoms with Gasteiger partial charge in [0, 0.05) is 39.3 Å². The first-order valence-corrected chi connectivity index (χ1v) is 22.5. The molecule has 0 spiro atoms. The van der Waals surface area contributed by atoms with Gasteiger partial charge in [-0.3, -0.25) is 0 Å². The molecule has 0 saturated heterocycles. The number of carboxylic acids is 2. The third-order valence-electron chi connectivity index (χ3n) is 8.86. The minimum atomic E-state index is -0.975. The minimum absolute atomic E-state index is 0.273. The molecule has 0 saturated carbocycles. The largest absolute Gasteiger partial charge is 0.477 e. The molecule has 50 heavy (non-hydrogen) atoms. The van der Waals surface area contributed by atoms with Gasteiger partial charge < -0.3 is 10.2 Å². The number of fused-ring (bicyclic) bond motifs is 3. The quantitative estimate of drug-likeness (QED) is 0.0759. The Labute approximate surface area is 329 Å². The van der Waals surface area contributed by atoms with E-state index in [1.807, 2.05) is 12.1 Å². The first-order chi connectivity index (χ1) is 24.2. The second kappa shape index (κ2) is 19.3. The van der Waals surface area contributed by atoms with Crippen LogP contribution in [0.3, 0.4) is 0 Å². The topological polar surface area (TPSA) is 74.6 Å². The van der Waals surface area contributed by atoms with Gasteiger partial charge in [0.2, 0.25) is 0 Å². The molecule has 0 atom stereocenters. The standard InChI is InChI=1S/C40H44Br2O4S4/c1-3-5-7-9-11-13-15-25-17-21-29(41)31(23-25)47-35-27-19-20-28-34(33(27)49-37(35)39(43)44)50-38(40(45)46)36(28)48-32-24-26(18-22-30(32)42)16-14-12-10-8-6-4-2/h17-24H,3-16H2,1-2H3,(H,43,44)(H,45,46). The monoisotopic (exact) mass is 874 g/mol. The lowest BCUT2D eigenvalue weighted by atomic mass is 10.1. The van der Waals surface area contributed by atoms with Crippen LogP contribution in [0, 0.1) is 0 Å². The van der Waals surface area contributed by atoms with Crippen molar-refractivity contribution in [3.8, 4) is 0 Å². The molecule has 3 aromatic carbocycles. The van der Waals surface area contributed by atoms with Crippen LogP contribution in [0.25, 0.3) is 20.2 Å². The maximum Gasteiger partial charge on any atom is 0.347 e. The molecule has 0 aliphatic heterocycles. The van der Waals surface area contributed by atoms with E-state index in [1.54, 1.807) is 0 Å². The summed E-state index contributed by atoms with van der Waals surface area (Å²) < 4.78 is 3.49. The van der Waals surface area contributed by atoms with Gasteiger partial charge in [0.05, 0.1) is 9.40 Å². The van der Waals surface area contributed by atoms with Crippen LogP contribution >= 0.6 is 78.1 Å². The average Bonchev–Trinajstić information content (AvgIpc) is 3.66. The van der Waals surface area contributed by atoms with E-state index in [1.165, 1.54) is 122 Å². The summed E-state index contributed by atoms with van der Waals surface area (Å²) in [4.78, 5) is 29.2. The third kappa shape index (κ3) is 9.98. The fourth-order valence-electron chi connectivity index (χ4n) is 6.15. The Morgan fingerprint density at radius 2 is 0.960 bits per heavy atom. The van der Waals surface area contributed by atoms with Gasteiger partial charge in [-0.1, -0.05) is 126 Å². The fourth-order valence-corrected chi connectivity index (χ4v) is 12.1. The van der Waals surface area contributed by atoms with E-state index < -0.39 is 11.9 Å². The second-order valence-electron chi connectivity index (χ2n) is 12.7. The van der Waals surface area contributed by atoms with Gasteiger partial charge in [-0.2, -0.15) is 0 Å². The number of halogens is 2. The van der Waals surface area contributed by atoms with Gasteiger partial charge in [0.25, 0.3) is 0 Å². The molecular formula is C40H44Br2O4S4. The summed E-state index contributed by atoms with van der Waals surface area (Å²) in [5.41, 5.74) is 2.50. The Morgan fingerprint density at radius 1 is 0.580 bits per heavy atom. The number of aryl methyl sites for hydroxylation is 2. The number of benzene rings is 3. The van der Waals surface area contributed by atoms with Crippen LogP contribution in [0.4, 0.5) is 0 Å². The van der Waals surface area contributed by atoms with Gasteiger partial charge >= 0.3 is 11.9 Å². The number of thiophene rings is 2. The Bertz CT molecular complexity index is 1810. The van der Waals surface area contributed by atoms with Gasteiger partial charge in [0.15, 0.2) is 0 Å². The molecular weight excluding hydrogens is 833 g/mol. The van der Waals surface area contributed by atoms with Crippen molar-refractivity contribution in [3.63, 3.8) is 0 Å². The average molecular weight is 877 g/mol. The van der Waals surface area contributed by atoms with Gasteiger partial charge in [0.1, 0.15) is 9.75 Å². The summed E-state index contributed by atoms with van der Waals surface area (Å²) in [5, 5.41) is 22.4. The zero-order valence-corrected chi connectivity index (χ0v) is 35.1. The van der Waals surface area contributed by atoms with Crippen LogP contribution < -0.4 is 0 Å². The predicted octanol–water partition coefficient (Wildman–Crippen LogP) is 15.1. The highest BCUT2D eigenvalue weighted by Crippen LogP contribution is 2.51. The van der Waals surface area contributed by atoms with E-state index in [-0.39, 0.29) is 9.75 Å². The molecule has 2 N–H and O–H groups in total. The number of rotatable bonds is 20. The molecule has 0 aliphatic carbocycles. The Balaban J connectivity index is 1.44. The molecule has 10 heteroatoms. The summed E-state index contributed by atoms with van der Waals surface area (Å²) in [6, 6.07) is 16.7. The summed E-state index contributed by atoms with van der Waals surface area (Å²) in [7, 11) is 0. The molecule has 2 aromatic heterocycles. The van der Waals surface area contributed by atoms with Crippen LogP contribution in [-0.2, 0) is 12.8 Å². The van der Waals surface area contributed by atoms with Crippen LogP contribution in [0.1, 0.15) is 121 Å².